The zero-order valence-corrected chi connectivity index (χ0v) is 14.7. The lowest BCUT2D eigenvalue weighted by molar-refractivity contribution is 0.0376. The van der Waals surface area contributed by atoms with E-state index in [0.29, 0.717) is 25.7 Å². The molecule has 0 radical (unpaired) electrons. The monoisotopic (exact) mass is 334 g/mol. The third kappa shape index (κ3) is 6.86. The fraction of sp³-hybridized carbons (Fsp3) is 0.611. The predicted molar refractivity (Wildman–Crippen MR) is 97.0 cm³/mol. The molecule has 1 aromatic carbocycles. The van der Waals surface area contributed by atoms with Crippen molar-refractivity contribution in [2.45, 2.75) is 26.5 Å². The molecule has 0 aromatic heterocycles. The van der Waals surface area contributed by atoms with E-state index in [4.69, 9.17) is 15.2 Å². The van der Waals surface area contributed by atoms with Crippen LogP contribution in [0.3, 0.4) is 0 Å². The van der Waals surface area contributed by atoms with Crippen molar-refractivity contribution >= 4 is 5.96 Å². The number of nitrogens with one attached hydrogen (secondary N) is 1. The number of hydrogen-bond donors (Lipinski definition) is 2. The summed E-state index contributed by atoms with van der Waals surface area (Å²) >= 11 is 0. The molecule has 6 nitrogen and oxygen atoms in total. The van der Waals surface area contributed by atoms with E-state index < -0.39 is 0 Å². The van der Waals surface area contributed by atoms with Gasteiger partial charge in [-0.25, -0.2) is 4.99 Å². The molecule has 6 heteroatoms. The van der Waals surface area contributed by atoms with Crippen LogP contribution in [0.2, 0.25) is 0 Å². The lowest BCUT2D eigenvalue weighted by Crippen LogP contribution is -2.39. The second-order valence-corrected chi connectivity index (χ2v) is 5.84. The first-order valence-electron chi connectivity index (χ1n) is 8.78. The van der Waals surface area contributed by atoms with Gasteiger partial charge in [-0.2, -0.15) is 0 Å². The lowest BCUT2D eigenvalue weighted by Gasteiger charge is -2.26. The Morgan fingerprint density at radius 1 is 1.29 bits per heavy atom. The van der Waals surface area contributed by atoms with Crippen molar-refractivity contribution in [1.29, 1.82) is 0 Å². The smallest absolute Gasteiger partial charge is 0.188 e. The van der Waals surface area contributed by atoms with Crippen molar-refractivity contribution in [3.05, 3.63) is 35.4 Å². The first kappa shape index (κ1) is 18.7. The molecule has 2 rings (SSSR count). The van der Waals surface area contributed by atoms with Crippen molar-refractivity contribution < 1.29 is 9.47 Å². The maximum absolute atomic E-state index is 5.97. The Bertz CT molecular complexity index is 502. The number of aliphatic imine (C=N–C) groups is 1. The standard InChI is InChI=1S/C18H30N4O2/c1-2-23-15-17-7-4-3-6-16(17)14-21-18(19)20-8-5-9-22-10-12-24-13-11-22/h3-4,6-7H,2,5,8-15H2,1H3,(H3,19,20,21). The topological polar surface area (TPSA) is 72.1 Å². The van der Waals surface area contributed by atoms with Crippen molar-refractivity contribution in [3.8, 4) is 0 Å². The molecule has 1 aliphatic heterocycles. The number of hydrogen-bond acceptors (Lipinski definition) is 4. The summed E-state index contributed by atoms with van der Waals surface area (Å²) in [5, 5.41) is 3.19. The van der Waals surface area contributed by atoms with Crippen LogP contribution in [-0.4, -0.2) is 56.9 Å². The first-order chi connectivity index (χ1) is 11.8. The Kier molecular flexibility index (Phi) is 8.59. The Hall–Kier alpha value is -1.63. The average molecular weight is 334 g/mol. The van der Waals surface area contributed by atoms with Gasteiger partial charge < -0.3 is 20.5 Å². The Balaban J connectivity index is 1.69. The number of guanidine groups is 1. The molecule has 3 N–H and O–H groups in total. The van der Waals surface area contributed by atoms with Crippen LogP contribution in [0.4, 0.5) is 0 Å². The third-order valence-electron chi connectivity index (χ3n) is 4.06. The molecule has 0 atom stereocenters. The second kappa shape index (κ2) is 11.0. The van der Waals surface area contributed by atoms with Gasteiger partial charge in [0.25, 0.3) is 0 Å². The number of nitrogens with zero attached hydrogens (tertiary/aromatic N) is 2. The molecule has 0 spiro atoms. The number of ether oxygens (including phenoxy) is 2. The van der Waals surface area contributed by atoms with Gasteiger partial charge in [-0.05, 0) is 31.0 Å². The fourth-order valence-electron chi connectivity index (χ4n) is 2.63. The summed E-state index contributed by atoms with van der Waals surface area (Å²) in [7, 11) is 0. The molecule has 24 heavy (non-hydrogen) atoms. The van der Waals surface area contributed by atoms with E-state index in [0.717, 1.165) is 51.4 Å². The highest BCUT2D eigenvalue weighted by Crippen LogP contribution is 2.11. The summed E-state index contributed by atoms with van der Waals surface area (Å²) in [5.41, 5.74) is 8.29. The molecular formula is C18H30N4O2. The van der Waals surface area contributed by atoms with E-state index in [1.807, 2.05) is 19.1 Å². The molecule has 0 saturated carbocycles. The molecule has 0 bridgehead atoms. The molecule has 1 fully saturated rings. The minimum Gasteiger partial charge on any atom is -0.379 e. The van der Waals surface area contributed by atoms with Crippen LogP contribution in [-0.2, 0) is 22.6 Å². The number of rotatable bonds is 9. The summed E-state index contributed by atoms with van der Waals surface area (Å²) in [6.07, 6.45) is 1.05. The largest absolute Gasteiger partial charge is 0.379 e. The van der Waals surface area contributed by atoms with Crippen LogP contribution in [0.5, 0.6) is 0 Å². The van der Waals surface area contributed by atoms with Gasteiger partial charge in [0.05, 0.1) is 26.4 Å². The minimum absolute atomic E-state index is 0.503. The van der Waals surface area contributed by atoms with Crippen molar-refractivity contribution in [1.82, 2.24) is 10.2 Å². The molecule has 1 heterocycles. The zero-order valence-electron chi connectivity index (χ0n) is 14.7. The van der Waals surface area contributed by atoms with Gasteiger partial charge in [-0.1, -0.05) is 24.3 Å². The van der Waals surface area contributed by atoms with E-state index in [1.165, 1.54) is 5.56 Å². The van der Waals surface area contributed by atoms with Crippen LogP contribution in [0, 0.1) is 0 Å². The number of nitrogens with two attached hydrogens (primary N) is 1. The van der Waals surface area contributed by atoms with Gasteiger partial charge in [0.2, 0.25) is 0 Å². The predicted octanol–water partition coefficient (Wildman–Crippen LogP) is 1.35. The number of benzene rings is 1. The van der Waals surface area contributed by atoms with E-state index >= 15 is 0 Å². The van der Waals surface area contributed by atoms with Gasteiger partial charge in [0.1, 0.15) is 0 Å². The van der Waals surface area contributed by atoms with E-state index in [2.05, 4.69) is 27.3 Å². The highest BCUT2D eigenvalue weighted by atomic mass is 16.5. The Labute approximate surface area is 145 Å². The SMILES string of the molecule is CCOCc1ccccc1CN=C(N)NCCCN1CCOCC1. The summed E-state index contributed by atoms with van der Waals surface area (Å²) in [6, 6.07) is 8.19. The highest BCUT2D eigenvalue weighted by molar-refractivity contribution is 5.77. The van der Waals surface area contributed by atoms with E-state index in [9.17, 15) is 0 Å². The van der Waals surface area contributed by atoms with Gasteiger partial charge >= 0.3 is 0 Å². The fourth-order valence-corrected chi connectivity index (χ4v) is 2.63. The maximum Gasteiger partial charge on any atom is 0.188 e. The Morgan fingerprint density at radius 3 is 2.79 bits per heavy atom. The van der Waals surface area contributed by atoms with Crippen molar-refractivity contribution in [2.24, 2.45) is 10.7 Å². The molecule has 1 aromatic rings. The molecular weight excluding hydrogens is 304 g/mol. The van der Waals surface area contributed by atoms with Gasteiger partial charge in [0, 0.05) is 26.2 Å². The molecule has 1 saturated heterocycles. The third-order valence-corrected chi connectivity index (χ3v) is 4.06. The highest BCUT2D eigenvalue weighted by Gasteiger charge is 2.09. The average Bonchev–Trinajstić information content (AvgIpc) is 2.63. The van der Waals surface area contributed by atoms with E-state index in [-0.39, 0.29) is 0 Å². The van der Waals surface area contributed by atoms with Crippen LogP contribution in [0.25, 0.3) is 0 Å². The summed E-state index contributed by atoms with van der Waals surface area (Å²) in [6.45, 7) is 9.56. The quantitative estimate of drug-likeness (QED) is 0.405. The van der Waals surface area contributed by atoms with Crippen LogP contribution >= 0.6 is 0 Å². The Morgan fingerprint density at radius 2 is 2.04 bits per heavy atom. The first-order valence-corrected chi connectivity index (χ1v) is 8.78. The van der Waals surface area contributed by atoms with Gasteiger partial charge in [0.15, 0.2) is 5.96 Å². The minimum atomic E-state index is 0.503. The maximum atomic E-state index is 5.97. The lowest BCUT2D eigenvalue weighted by atomic mass is 10.1. The molecule has 0 aliphatic carbocycles. The normalized spacial score (nSPS) is 16.3. The summed E-state index contributed by atoms with van der Waals surface area (Å²) in [4.78, 5) is 6.86. The number of morpholine rings is 1. The molecule has 0 unspecified atom stereocenters. The van der Waals surface area contributed by atoms with Crippen LogP contribution in [0.15, 0.2) is 29.3 Å². The van der Waals surface area contributed by atoms with Crippen molar-refractivity contribution in [2.75, 3.05) is 46.0 Å². The molecule has 0 amide bonds. The van der Waals surface area contributed by atoms with Crippen LogP contribution < -0.4 is 11.1 Å². The summed E-state index contributed by atoms with van der Waals surface area (Å²) in [5.74, 6) is 0.503. The van der Waals surface area contributed by atoms with Crippen molar-refractivity contribution in [3.63, 3.8) is 0 Å². The zero-order chi connectivity index (χ0) is 17.0. The summed E-state index contributed by atoms with van der Waals surface area (Å²) < 4.78 is 10.8. The van der Waals surface area contributed by atoms with Gasteiger partial charge in [-0.15, -0.1) is 0 Å². The van der Waals surface area contributed by atoms with E-state index in [1.54, 1.807) is 0 Å². The molecule has 134 valence electrons. The second-order valence-electron chi connectivity index (χ2n) is 5.84. The molecule has 1 aliphatic rings. The van der Waals surface area contributed by atoms with Crippen LogP contribution in [0.1, 0.15) is 24.5 Å². The van der Waals surface area contributed by atoms with Gasteiger partial charge in [-0.3, -0.25) is 4.90 Å².